The third kappa shape index (κ3) is 6.84. The van der Waals surface area contributed by atoms with Gasteiger partial charge < -0.3 is 0 Å². The average molecular weight is 616 g/mol. The second-order valence-corrected chi connectivity index (χ2v) is 15.4. The normalized spacial score (nSPS) is 14.2. The number of nitrogens with zero attached hydrogens (tertiary/aromatic N) is 3. The van der Waals surface area contributed by atoms with Gasteiger partial charge in [0.1, 0.15) is 5.84 Å². The van der Waals surface area contributed by atoms with Gasteiger partial charge in [-0.25, -0.2) is 21.8 Å². The van der Waals surface area contributed by atoms with Crippen molar-refractivity contribution in [2.75, 3.05) is 19.1 Å². The Morgan fingerprint density at radius 2 is 1.58 bits per heavy atom. The molecular weight excluding hydrogens is 579 g/mol. The molecule has 1 aromatic heterocycles. The van der Waals surface area contributed by atoms with E-state index in [1.54, 1.807) is 44.3 Å². The molecule has 0 saturated heterocycles. The molecule has 5 rings (SSSR count). The molecule has 0 N–H and O–H groups in total. The summed E-state index contributed by atoms with van der Waals surface area (Å²) in [5, 5.41) is 0.859. The molecule has 9 heteroatoms. The van der Waals surface area contributed by atoms with Gasteiger partial charge in [-0.1, -0.05) is 50.2 Å². The van der Waals surface area contributed by atoms with Crippen LogP contribution in [-0.2, 0) is 24.4 Å². The molecule has 4 aromatic rings. The van der Waals surface area contributed by atoms with Gasteiger partial charge in [-0.3, -0.25) is 9.98 Å². The van der Waals surface area contributed by atoms with Crippen LogP contribution in [0.4, 0.5) is 0 Å². The van der Waals surface area contributed by atoms with Crippen molar-refractivity contribution < 1.29 is 16.8 Å². The molecule has 0 saturated carbocycles. The van der Waals surface area contributed by atoms with E-state index in [9.17, 15) is 16.8 Å². The molecule has 0 radical (unpaired) electrons. The lowest BCUT2D eigenvalue weighted by atomic mass is 9.92. The predicted octanol–water partition coefficient (Wildman–Crippen LogP) is 7.02. The van der Waals surface area contributed by atoms with Gasteiger partial charge in [-0.05, 0) is 85.5 Å². The van der Waals surface area contributed by atoms with E-state index in [4.69, 9.17) is 0 Å². The molecule has 1 aliphatic heterocycles. The Bertz CT molecular complexity index is 1990. The van der Waals surface area contributed by atoms with Crippen LogP contribution in [-0.4, -0.2) is 52.4 Å². The van der Waals surface area contributed by atoms with Crippen LogP contribution in [0.3, 0.4) is 0 Å². The summed E-state index contributed by atoms with van der Waals surface area (Å²) in [6.45, 7) is 9.72. The standard InChI is InChI=1S/C32H31N3O4S2.C2H6/c1-21-34-20-30(35-21)28(23-11-13-27(14-12-23)40(4,36)37)17-22-8-6-9-24(16-22)29-19-26(32(2,3)41(5,38)39)18-25-10-7-15-33-31(25)29;1-2/h6-19H,20H2,1-5H3;1-2H3/b28-17+;. The van der Waals surface area contributed by atoms with E-state index in [1.165, 1.54) is 12.5 Å². The van der Waals surface area contributed by atoms with Gasteiger partial charge >= 0.3 is 0 Å². The summed E-state index contributed by atoms with van der Waals surface area (Å²) in [6.07, 6.45) is 6.20. The fourth-order valence-electron chi connectivity index (χ4n) is 4.75. The molecule has 0 unspecified atom stereocenters. The number of amidine groups is 1. The Morgan fingerprint density at radius 1 is 0.884 bits per heavy atom. The topological polar surface area (TPSA) is 106 Å². The molecule has 0 bridgehead atoms. The molecule has 3 aromatic carbocycles. The highest BCUT2D eigenvalue weighted by Gasteiger charge is 2.33. The van der Waals surface area contributed by atoms with Crippen LogP contribution >= 0.6 is 0 Å². The Balaban J connectivity index is 0.00000207. The van der Waals surface area contributed by atoms with Crippen molar-refractivity contribution in [1.82, 2.24) is 4.98 Å². The molecule has 1 aliphatic rings. The molecule has 7 nitrogen and oxygen atoms in total. The van der Waals surface area contributed by atoms with Gasteiger partial charge in [-0.15, -0.1) is 0 Å². The Kier molecular flexibility index (Phi) is 9.18. The molecular formula is C34H37N3O4S2. The number of hydrogen-bond acceptors (Lipinski definition) is 7. The summed E-state index contributed by atoms with van der Waals surface area (Å²) in [6, 6.07) is 22.3. The van der Waals surface area contributed by atoms with Crippen molar-refractivity contribution in [1.29, 1.82) is 0 Å². The fraction of sp³-hybridized carbons (Fsp3) is 0.265. The van der Waals surface area contributed by atoms with Gasteiger partial charge in [0.05, 0.1) is 27.4 Å². The molecule has 0 amide bonds. The number of aromatic nitrogens is 1. The van der Waals surface area contributed by atoms with Crippen molar-refractivity contribution in [3.63, 3.8) is 0 Å². The third-order valence-corrected chi connectivity index (χ3v) is 10.7. The fourth-order valence-corrected chi connectivity index (χ4v) is 5.93. The van der Waals surface area contributed by atoms with E-state index < -0.39 is 24.4 Å². The Hall–Kier alpha value is -3.95. The summed E-state index contributed by atoms with van der Waals surface area (Å²) in [4.78, 5) is 13.9. The van der Waals surface area contributed by atoms with Crippen molar-refractivity contribution in [2.45, 2.75) is 44.3 Å². The first-order valence-electron chi connectivity index (χ1n) is 14.0. The summed E-state index contributed by atoms with van der Waals surface area (Å²) in [5.74, 6) is 0.690. The minimum absolute atomic E-state index is 0.250. The number of pyridine rings is 1. The highest BCUT2D eigenvalue weighted by Crippen LogP contribution is 2.37. The predicted molar refractivity (Wildman–Crippen MR) is 179 cm³/mol. The van der Waals surface area contributed by atoms with Crippen molar-refractivity contribution in [3.05, 3.63) is 95.7 Å². The smallest absolute Gasteiger partial charge is 0.175 e. The van der Waals surface area contributed by atoms with E-state index in [0.717, 1.165) is 44.4 Å². The molecule has 43 heavy (non-hydrogen) atoms. The van der Waals surface area contributed by atoms with Crippen LogP contribution < -0.4 is 0 Å². The number of hydrogen-bond donors (Lipinski definition) is 0. The van der Waals surface area contributed by atoms with Crippen LogP contribution in [0.15, 0.2) is 93.9 Å². The summed E-state index contributed by atoms with van der Waals surface area (Å²) in [5.41, 5.74) is 6.56. The maximum absolute atomic E-state index is 12.7. The second-order valence-electron chi connectivity index (χ2n) is 10.8. The maximum atomic E-state index is 12.7. The van der Waals surface area contributed by atoms with Crippen molar-refractivity contribution in [2.24, 2.45) is 9.98 Å². The van der Waals surface area contributed by atoms with Gasteiger partial charge in [-0.2, -0.15) is 0 Å². The van der Waals surface area contributed by atoms with Gasteiger partial charge in [0.15, 0.2) is 19.7 Å². The van der Waals surface area contributed by atoms with Gasteiger partial charge in [0.25, 0.3) is 0 Å². The third-order valence-electron chi connectivity index (χ3n) is 7.49. The molecule has 0 spiro atoms. The van der Waals surface area contributed by atoms with E-state index in [0.29, 0.717) is 17.9 Å². The number of aliphatic imine (C=N–C) groups is 2. The maximum Gasteiger partial charge on any atom is 0.175 e. The SMILES string of the molecule is CC.CC1=NCC(/C(=C/c2cccc(-c3cc(C(C)(C)S(C)(=O)=O)cc4cccnc34)c2)c2ccc(S(C)(=O)=O)cc2)=N1. The van der Waals surface area contributed by atoms with Crippen molar-refractivity contribution >= 4 is 53.8 Å². The molecule has 0 fully saturated rings. The first-order chi connectivity index (χ1) is 20.2. The zero-order valence-corrected chi connectivity index (χ0v) is 27.2. The van der Waals surface area contributed by atoms with E-state index >= 15 is 0 Å². The second kappa shape index (κ2) is 12.3. The van der Waals surface area contributed by atoms with E-state index in [1.807, 2.05) is 75.4 Å². The number of benzene rings is 3. The largest absolute Gasteiger partial charge is 0.264 e. The monoisotopic (exact) mass is 615 g/mol. The summed E-state index contributed by atoms with van der Waals surface area (Å²) < 4.78 is 48.3. The minimum atomic E-state index is -3.40. The number of fused-ring (bicyclic) bond motifs is 1. The first kappa shape index (κ1) is 32.0. The van der Waals surface area contributed by atoms with Crippen LogP contribution in [0.1, 0.15) is 51.3 Å². The van der Waals surface area contributed by atoms with Crippen LogP contribution in [0.25, 0.3) is 33.7 Å². The summed E-state index contributed by atoms with van der Waals surface area (Å²) >= 11 is 0. The average Bonchev–Trinajstić information content (AvgIpc) is 3.41. The quantitative estimate of drug-likeness (QED) is 0.208. The van der Waals surface area contributed by atoms with E-state index in [-0.39, 0.29) is 4.90 Å². The lowest BCUT2D eigenvalue weighted by Gasteiger charge is -2.24. The Labute approximate surface area is 255 Å². The lowest BCUT2D eigenvalue weighted by molar-refractivity contribution is 0.561. The van der Waals surface area contributed by atoms with Gasteiger partial charge in [0, 0.05) is 35.2 Å². The highest BCUT2D eigenvalue weighted by atomic mass is 32.2. The Morgan fingerprint density at radius 3 is 2.19 bits per heavy atom. The summed E-state index contributed by atoms with van der Waals surface area (Å²) in [7, 11) is -6.72. The minimum Gasteiger partial charge on any atom is -0.264 e. The number of sulfone groups is 2. The zero-order valence-electron chi connectivity index (χ0n) is 25.6. The first-order valence-corrected chi connectivity index (χ1v) is 17.8. The molecule has 0 aliphatic carbocycles. The van der Waals surface area contributed by atoms with Crippen LogP contribution in [0.2, 0.25) is 0 Å². The lowest BCUT2D eigenvalue weighted by Crippen LogP contribution is -2.28. The van der Waals surface area contributed by atoms with Crippen LogP contribution in [0.5, 0.6) is 0 Å². The molecule has 224 valence electrons. The van der Waals surface area contributed by atoms with Gasteiger partial charge in [0.2, 0.25) is 0 Å². The van der Waals surface area contributed by atoms with Crippen LogP contribution in [0, 0.1) is 0 Å². The zero-order chi connectivity index (χ0) is 31.6. The van der Waals surface area contributed by atoms with Crippen molar-refractivity contribution in [3.8, 4) is 11.1 Å². The molecule has 2 heterocycles. The number of rotatable bonds is 7. The highest BCUT2D eigenvalue weighted by molar-refractivity contribution is 7.91. The molecule has 0 atom stereocenters. The van der Waals surface area contributed by atoms with E-state index in [2.05, 4.69) is 15.0 Å².